The van der Waals surface area contributed by atoms with Gasteiger partial charge >= 0.3 is 0 Å². The Balaban J connectivity index is 1.95. The third-order valence-electron chi connectivity index (χ3n) is 4.12. The smallest absolute Gasteiger partial charge is 0.268 e. The Hall–Kier alpha value is -3.33. The van der Waals surface area contributed by atoms with Crippen molar-refractivity contribution in [3.63, 3.8) is 0 Å². The first-order valence-electron chi connectivity index (χ1n) is 8.97. The van der Waals surface area contributed by atoms with Gasteiger partial charge in [-0.1, -0.05) is 12.1 Å². The number of carbonyl (C=O) groups excluding carboxylic acids is 1. The minimum absolute atomic E-state index is 0.0637. The van der Waals surface area contributed by atoms with Gasteiger partial charge in [0.15, 0.2) is 11.2 Å². The van der Waals surface area contributed by atoms with Gasteiger partial charge in [0.05, 0.1) is 18.5 Å². The van der Waals surface area contributed by atoms with Crippen LogP contribution in [0.4, 0.5) is 5.95 Å². The predicted molar refractivity (Wildman–Crippen MR) is 107 cm³/mol. The maximum atomic E-state index is 12.6. The van der Waals surface area contributed by atoms with Gasteiger partial charge in [0.1, 0.15) is 0 Å². The van der Waals surface area contributed by atoms with Crippen LogP contribution in [0.15, 0.2) is 30.5 Å². The molecule has 0 radical (unpaired) electrons. The van der Waals surface area contributed by atoms with E-state index >= 15 is 0 Å². The number of nitrogen functional groups attached to an aromatic ring is 1. The lowest BCUT2D eigenvalue weighted by Crippen LogP contribution is -2.41. The van der Waals surface area contributed by atoms with Crippen molar-refractivity contribution in [2.75, 3.05) is 33.0 Å². The monoisotopic (exact) mass is 381 g/mol. The number of hydrogen-bond donors (Lipinski definition) is 1. The van der Waals surface area contributed by atoms with E-state index in [9.17, 15) is 4.79 Å². The Morgan fingerprint density at radius 3 is 2.43 bits per heavy atom. The number of carbonyl (C=O) groups is 1. The summed E-state index contributed by atoms with van der Waals surface area (Å²) in [7, 11) is 3.68. The maximum absolute atomic E-state index is 12.6. The van der Waals surface area contributed by atoms with Gasteiger partial charge in [0.2, 0.25) is 11.8 Å². The highest BCUT2D eigenvalue weighted by atomic mass is 16.5. The molecule has 0 fully saturated rings. The molecule has 0 saturated heterocycles. The molecule has 2 aromatic heterocycles. The van der Waals surface area contributed by atoms with Crippen molar-refractivity contribution in [2.24, 2.45) is 0 Å². The van der Waals surface area contributed by atoms with Crippen molar-refractivity contribution in [1.29, 1.82) is 0 Å². The molecular weight excluding hydrogens is 358 g/mol. The average molecular weight is 381 g/mol. The van der Waals surface area contributed by atoms with Crippen molar-refractivity contribution < 1.29 is 9.53 Å². The summed E-state index contributed by atoms with van der Waals surface area (Å²) >= 11 is 0. The number of aromatic nitrogens is 4. The van der Waals surface area contributed by atoms with Gasteiger partial charge in [0, 0.05) is 31.8 Å². The van der Waals surface area contributed by atoms with Crippen LogP contribution >= 0.6 is 0 Å². The van der Waals surface area contributed by atoms with Crippen LogP contribution in [-0.2, 0) is 0 Å². The molecule has 0 aliphatic carbocycles. The van der Waals surface area contributed by atoms with E-state index in [1.165, 1.54) is 0 Å². The Morgan fingerprint density at radius 2 is 1.82 bits per heavy atom. The molecule has 2 N–H and O–H groups in total. The Labute approximate surface area is 163 Å². The van der Waals surface area contributed by atoms with Gasteiger partial charge in [-0.3, -0.25) is 9.80 Å². The van der Waals surface area contributed by atoms with Crippen LogP contribution in [-0.4, -0.2) is 63.1 Å². The molecule has 1 amide bonds. The summed E-state index contributed by atoms with van der Waals surface area (Å²) in [5.74, 6) is 0.323. The van der Waals surface area contributed by atoms with Crippen LogP contribution in [0.5, 0.6) is 5.88 Å². The number of fused-ring (bicyclic) bond motifs is 1. The van der Waals surface area contributed by atoms with Crippen LogP contribution in [0.25, 0.3) is 22.4 Å². The zero-order valence-electron chi connectivity index (χ0n) is 16.4. The molecule has 146 valence electrons. The molecule has 0 saturated carbocycles. The summed E-state index contributed by atoms with van der Waals surface area (Å²) in [6.07, 6.45) is 1.61. The van der Waals surface area contributed by atoms with Gasteiger partial charge in [-0.15, -0.1) is 0 Å². The van der Waals surface area contributed by atoms with E-state index in [0.29, 0.717) is 41.5 Å². The SMILES string of the molecule is CCOc1nc(N)nc2ncc(-c3ccc(C(=O)N(CC)N(C)C)cc3)nc12. The first-order chi connectivity index (χ1) is 13.4. The highest BCUT2D eigenvalue weighted by Gasteiger charge is 2.17. The zero-order chi connectivity index (χ0) is 20.3. The lowest BCUT2D eigenvalue weighted by molar-refractivity contribution is 0.0230. The lowest BCUT2D eigenvalue weighted by atomic mass is 10.1. The molecular formula is C19H23N7O2. The number of ether oxygens (including phenoxy) is 1. The molecule has 0 aliphatic heterocycles. The second-order valence-corrected chi connectivity index (χ2v) is 6.19. The highest BCUT2D eigenvalue weighted by Crippen LogP contribution is 2.24. The van der Waals surface area contributed by atoms with E-state index in [2.05, 4.69) is 19.9 Å². The van der Waals surface area contributed by atoms with Crippen LogP contribution < -0.4 is 10.5 Å². The number of anilines is 1. The summed E-state index contributed by atoms with van der Waals surface area (Å²) in [4.78, 5) is 29.7. The van der Waals surface area contributed by atoms with Gasteiger partial charge in [0.25, 0.3) is 5.91 Å². The van der Waals surface area contributed by atoms with Gasteiger partial charge in [-0.05, 0) is 26.0 Å². The van der Waals surface area contributed by atoms with E-state index in [1.807, 2.05) is 40.1 Å². The molecule has 0 atom stereocenters. The van der Waals surface area contributed by atoms with Gasteiger partial charge in [-0.2, -0.15) is 9.97 Å². The van der Waals surface area contributed by atoms with Gasteiger partial charge < -0.3 is 10.5 Å². The predicted octanol–water partition coefficient (Wildman–Crippen LogP) is 2.01. The fourth-order valence-electron chi connectivity index (χ4n) is 2.82. The third-order valence-corrected chi connectivity index (χ3v) is 4.12. The molecule has 9 nitrogen and oxygen atoms in total. The first kappa shape index (κ1) is 19.4. The topological polar surface area (TPSA) is 110 Å². The normalized spacial score (nSPS) is 11.0. The van der Waals surface area contributed by atoms with Crippen LogP contribution in [0.3, 0.4) is 0 Å². The minimum atomic E-state index is -0.0637. The number of nitrogens with two attached hydrogens (primary N) is 1. The average Bonchev–Trinajstić information content (AvgIpc) is 2.68. The fourth-order valence-corrected chi connectivity index (χ4v) is 2.82. The minimum Gasteiger partial charge on any atom is -0.476 e. The molecule has 0 unspecified atom stereocenters. The van der Waals surface area contributed by atoms with Crippen molar-refractivity contribution in [3.05, 3.63) is 36.0 Å². The molecule has 0 spiro atoms. The number of rotatable bonds is 6. The van der Waals surface area contributed by atoms with Crippen molar-refractivity contribution in [1.82, 2.24) is 30.0 Å². The highest BCUT2D eigenvalue weighted by molar-refractivity contribution is 5.94. The Bertz CT molecular complexity index is 989. The quantitative estimate of drug-likeness (QED) is 0.646. The molecule has 1 aromatic carbocycles. The summed E-state index contributed by atoms with van der Waals surface area (Å²) < 4.78 is 5.51. The van der Waals surface area contributed by atoms with Crippen molar-refractivity contribution >= 4 is 23.0 Å². The molecule has 9 heteroatoms. The molecule has 2 heterocycles. The Morgan fingerprint density at radius 1 is 1.11 bits per heavy atom. The summed E-state index contributed by atoms with van der Waals surface area (Å²) in [5, 5.41) is 3.42. The van der Waals surface area contributed by atoms with Crippen LogP contribution in [0.2, 0.25) is 0 Å². The maximum Gasteiger partial charge on any atom is 0.268 e. The number of hydrazine groups is 1. The van der Waals surface area contributed by atoms with Crippen LogP contribution in [0, 0.1) is 0 Å². The lowest BCUT2D eigenvalue weighted by Gasteiger charge is -2.27. The second kappa shape index (κ2) is 8.13. The number of amides is 1. The number of nitrogens with zero attached hydrogens (tertiary/aromatic N) is 6. The number of hydrogen-bond acceptors (Lipinski definition) is 8. The molecule has 28 heavy (non-hydrogen) atoms. The van der Waals surface area contributed by atoms with Crippen molar-refractivity contribution in [3.8, 4) is 17.1 Å². The van der Waals surface area contributed by atoms with Crippen molar-refractivity contribution in [2.45, 2.75) is 13.8 Å². The van der Waals surface area contributed by atoms with E-state index in [4.69, 9.17) is 10.5 Å². The summed E-state index contributed by atoms with van der Waals surface area (Å²) in [6, 6.07) is 7.23. The third kappa shape index (κ3) is 3.84. The molecule has 0 aliphatic rings. The molecule has 3 rings (SSSR count). The first-order valence-corrected chi connectivity index (χ1v) is 8.97. The van der Waals surface area contributed by atoms with Crippen LogP contribution in [0.1, 0.15) is 24.2 Å². The summed E-state index contributed by atoms with van der Waals surface area (Å²) in [5.41, 5.74) is 8.55. The number of benzene rings is 1. The molecule has 0 bridgehead atoms. The Kier molecular flexibility index (Phi) is 5.65. The standard InChI is InChI=1S/C19H23N7O2/c1-5-26(25(3)4)18(27)13-9-7-12(8-10-13)14-11-21-16-15(22-14)17(28-6-2)24-19(20)23-16/h7-11H,5-6H2,1-4H3,(H2,20,21,23,24). The van der Waals surface area contributed by atoms with E-state index in [0.717, 1.165) is 5.56 Å². The van der Waals surface area contributed by atoms with E-state index in [1.54, 1.807) is 28.3 Å². The van der Waals surface area contributed by atoms with E-state index in [-0.39, 0.29) is 11.9 Å². The van der Waals surface area contributed by atoms with Gasteiger partial charge in [-0.25, -0.2) is 15.0 Å². The van der Waals surface area contributed by atoms with E-state index < -0.39 is 0 Å². The fraction of sp³-hybridized carbons (Fsp3) is 0.316. The zero-order valence-corrected chi connectivity index (χ0v) is 16.4. The second-order valence-electron chi connectivity index (χ2n) is 6.19. The molecule has 3 aromatic rings. The largest absolute Gasteiger partial charge is 0.476 e. The summed E-state index contributed by atoms with van der Waals surface area (Å²) in [6.45, 7) is 4.80.